The Balaban J connectivity index is 2.27. The Morgan fingerprint density at radius 3 is 2.64 bits per heavy atom. The fourth-order valence-corrected chi connectivity index (χ4v) is 1.30. The highest BCUT2D eigenvalue weighted by molar-refractivity contribution is 7.85. The monoisotopic (exact) mass is 221 g/mol. The summed E-state index contributed by atoms with van der Waals surface area (Å²) in [7, 11) is -3.41. The standard InChI is InChI=1S/C7H11NO5S/c1-14(11,12)13-3-2-6-4-8(5-6)7(9)10/h2H,3-5H2,1H3,(H,9,10). The van der Waals surface area contributed by atoms with E-state index in [1.165, 1.54) is 4.90 Å². The van der Waals surface area contributed by atoms with E-state index in [2.05, 4.69) is 4.18 Å². The molecule has 7 heteroatoms. The first kappa shape index (κ1) is 11.0. The molecule has 0 aliphatic carbocycles. The molecule has 0 saturated carbocycles. The minimum Gasteiger partial charge on any atom is -0.465 e. The summed E-state index contributed by atoms with van der Waals surface area (Å²) < 4.78 is 25.5. The predicted octanol–water partition coefficient (Wildman–Crippen LogP) is -0.117. The zero-order chi connectivity index (χ0) is 10.8. The number of carboxylic acid groups (broad SMARTS) is 1. The van der Waals surface area contributed by atoms with Crippen molar-refractivity contribution in [3.63, 3.8) is 0 Å². The molecule has 0 aromatic heterocycles. The quantitative estimate of drug-likeness (QED) is 0.530. The first-order chi connectivity index (χ1) is 6.38. The van der Waals surface area contributed by atoms with E-state index in [1.807, 2.05) is 0 Å². The van der Waals surface area contributed by atoms with Crippen molar-refractivity contribution in [3.8, 4) is 0 Å². The smallest absolute Gasteiger partial charge is 0.407 e. The number of rotatable bonds is 3. The van der Waals surface area contributed by atoms with Crippen molar-refractivity contribution in [1.29, 1.82) is 0 Å². The number of carbonyl (C=O) groups is 1. The maximum absolute atomic E-state index is 10.5. The molecule has 1 aliphatic heterocycles. The fraction of sp³-hybridized carbons (Fsp3) is 0.571. The SMILES string of the molecule is CS(=O)(=O)OCC=C1CN(C(=O)O)C1. The Morgan fingerprint density at radius 2 is 2.21 bits per heavy atom. The highest BCUT2D eigenvalue weighted by Gasteiger charge is 2.23. The summed E-state index contributed by atoms with van der Waals surface area (Å²) >= 11 is 0. The molecule has 0 aromatic carbocycles. The maximum Gasteiger partial charge on any atom is 0.407 e. The molecule has 1 rings (SSSR count). The molecule has 0 unspecified atom stereocenters. The summed E-state index contributed by atoms with van der Waals surface area (Å²) in [6.45, 7) is 0.645. The molecular weight excluding hydrogens is 210 g/mol. The van der Waals surface area contributed by atoms with Crippen molar-refractivity contribution < 1.29 is 22.5 Å². The molecule has 0 aromatic rings. The van der Waals surface area contributed by atoms with Gasteiger partial charge in [0.15, 0.2) is 0 Å². The van der Waals surface area contributed by atoms with Gasteiger partial charge in [0.2, 0.25) is 0 Å². The first-order valence-electron chi connectivity index (χ1n) is 3.88. The van der Waals surface area contributed by atoms with Crippen LogP contribution in [0.1, 0.15) is 0 Å². The molecule has 0 spiro atoms. The van der Waals surface area contributed by atoms with Crippen molar-refractivity contribution in [2.75, 3.05) is 26.0 Å². The summed E-state index contributed by atoms with van der Waals surface area (Å²) in [5.74, 6) is 0. The van der Waals surface area contributed by atoms with Gasteiger partial charge in [0.1, 0.15) is 0 Å². The Bertz CT molecular complexity index is 350. The third-order valence-electron chi connectivity index (χ3n) is 1.71. The molecule has 14 heavy (non-hydrogen) atoms. The average Bonchev–Trinajstić information content (AvgIpc) is 1.90. The van der Waals surface area contributed by atoms with Gasteiger partial charge in [-0.15, -0.1) is 0 Å². The lowest BCUT2D eigenvalue weighted by molar-refractivity contribution is 0.138. The van der Waals surface area contributed by atoms with Gasteiger partial charge in [0.25, 0.3) is 10.1 Å². The van der Waals surface area contributed by atoms with Gasteiger partial charge < -0.3 is 10.0 Å². The minimum atomic E-state index is -3.41. The normalized spacial score (nSPS) is 16.4. The second-order valence-corrected chi connectivity index (χ2v) is 4.63. The summed E-state index contributed by atoms with van der Waals surface area (Å²) in [4.78, 5) is 11.5. The summed E-state index contributed by atoms with van der Waals surface area (Å²) in [6, 6.07) is 0. The molecule has 80 valence electrons. The van der Waals surface area contributed by atoms with Crippen LogP contribution in [-0.4, -0.2) is 50.5 Å². The Kier molecular flexibility index (Phi) is 3.12. The fourth-order valence-electron chi connectivity index (χ4n) is 0.984. The van der Waals surface area contributed by atoms with Crippen LogP contribution in [0.15, 0.2) is 11.6 Å². The van der Waals surface area contributed by atoms with Crippen LogP contribution in [0, 0.1) is 0 Å². The minimum absolute atomic E-state index is 0.0262. The van der Waals surface area contributed by atoms with Crippen LogP contribution in [0.25, 0.3) is 0 Å². The van der Waals surface area contributed by atoms with Crippen molar-refractivity contribution in [3.05, 3.63) is 11.6 Å². The highest BCUT2D eigenvalue weighted by Crippen LogP contribution is 2.13. The molecule has 0 bridgehead atoms. The van der Waals surface area contributed by atoms with E-state index >= 15 is 0 Å². The molecule has 1 aliphatic rings. The van der Waals surface area contributed by atoms with Crippen molar-refractivity contribution in [1.82, 2.24) is 4.90 Å². The number of likely N-dealkylation sites (tertiary alicyclic amines) is 1. The van der Waals surface area contributed by atoms with E-state index in [0.29, 0.717) is 13.1 Å². The molecular formula is C7H11NO5S. The van der Waals surface area contributed by atoms with Crippen LogP contribution in [-0.2, 0) is 14.3 Å². The molecule has 0 radical (unpaired) electrons. The maximum atomic E-state index is 10.5. The Morgan fingerprint density at radius 1 is 1.64 bits per heavy atom. The van der Waals surface area contributed by atoms with Crippen molar-refractivity contribution in [2.24, 2.45) is 0 Å². The van der Waals surface area contributed by atoms with Crippen LogP contribution in [0.3, 0.4) is 0 Å². The third kappa shape index (κ3) is 3.35. The van der Waals surface area contributed by atoms with Crippen molar-refractivity contribution >= 4 is 16.2 Å². The molecule has 1 heterocycles. The number of hydrogen-bond acceptors (Lipinski definition) is 4. The van der Waals surface area contributed by atoms with Gasteiger partial charge in [-0.25, -0.2) is 4.79 Å². The van der Waals surface area contributed by atoms with Crippen LogP contribution in [0.4, 0.5) is 4.79 Å². The number of hydrogen-bond donors (Lipinski definition) is 1. The summed E-state index contributed by atoms with van der Waals surface area (Å²) in [6.07, 6.45) is 1.59. The Labute approximate surface area is 81.9 Å². The summed E-state index contributed by atoms with van der Waals surface area (Å²) in [5, 5.41) is 8.48. The van der Waals surface area contributed by atoms with Gasteiger partial charge in [-0.1, -0.05) is 6.08 Å². The summed E-state index contributed by atoms with van der Waals surface area (Å²) in [5.41, 5.74) is 0.871. The molecule has 1 fully saturated rings. The zero-order valence-electron chi connectivity index (χ0n) is 7.63. The predicted molar refractivity (Wildman–Crippen MR) is 48.5 cm³/mol. The van der Waals surface area contributed by atoms with Gasteiger partial charge in [0, 0.05) is 13.1 Å². The lowest BCUT2D eigenvalue weighted by Gasteiger charge is -2.31. The van der Waals surface area contributed by atoms with E-state index in [-0.39, 0.29) is 6.61 Å². The molecule has 1 N–H and O–H groups in total. The number of nitrogens with zero attached hydrogens (tertiary/aromatic N) is 1. The highest BCUT2D eigenvalue weighted by atomic mass is 32.2. The van der Waals surface area contributed by atoms with Gasteiger partial charge in [-0.05, 0) is 5.57 Å². The second-order valence-electron chi connectivity index (χ2n) is 2.99. The van der Waals surface area contributed by atoms with E-state index in [4.69, 9.17) is 5.11 Å². The van der Waals surface area contributed by atoms with Gasteiger partial charge in [-0.2, -0.15) is 8.42 Å². The van der Waals surface area contributed by atoms with Gasteiger partial charge in [-0.3, -0.25) is 4.18 Å². The van der Waals surface area contributed by atoms with E-state index in [9.17, 15) is 13.2 Å². The van der Waals surface area contributed by atoms with Crippen LogP contribution in [0.2, 0.25) is 0 Å². The zero-order valence-corrected chi connectivity index (χ0v) is 8.45. The first-order valence-corrected chi connectivity index (χ1v) is 5.70. The molecule has 0 atom stereocenters. The van der Waals surface area contributed by atoms with Crippen LogP contribution < -0.4 is 0 Å². The average molecular weight is 221 g/mol. The van der Waals surface area contributed by atoms with Crippen LogP contribution in [0.5, 0.6) is 0 Å². The van der Waals surface area contributed by atoms with E-state index in [0.717, 1.165) is 11.8 Å². The van der Waals surface area contributed by atoms with Gasteiger partial charge >= 0.3 is 6.09 Å². The van der Waals surface area contributed by atoms with Crippen molar-refractivity contribution in [2.45, 2.75) is 0 Å². The molecule has 1 saturated heterocycles. The van der Waals surface area contributed by atoms with Crippen LogP contribution >= 0.6 is 0 Å². The molecule has 6 nitrogen and oxygen atoms in total. The van der Waals surface area contributed by atoms with Gasteiger partial charge in [0.05, 0.1) is 12.9 Å². The number of amides is 1. The van der Waals surface area contributed by atoms with E-state index < -0.39 is 16.2 Å². The topological polar surface area (TPSA) is 83.9 Å². The largest absolute Gasteiger partial charge is 0.465 e. The Hall–Kier alpha value is -1.08. The lowest BCUT2D eigenvalue weighted by atomic mass is 10.1. The molecule has 1 amide bonds. The van der Waals surface area contributed by atoms with E-state index in [1.54, 1.807) is 6.08 Å². The lowest BCUT2D eigenvalue weighted by Crippen LogP contribution is -2.43. The second kappa shape index (κ2) is 3.97. The third-order valence-corrected chi connectivity index (χ3v) is 2.28.